The van der Waals surface area contributed by atoms with Gasteiger partial charge in [-0.1, -0.05) is 86.0 Å². The standard InChI is InChI=1S/C26H53NO2/c1-7-9-11-12-13-15-19-23(18-14-10-8-2)29-24(28)20-16-17-21-26(6,27)22-25(3,4)5/h23H,7-22,27H2,1-6H3. The van der Waals surface area contributed by atoms with Gasteiger partial charge in [0.05, 0.1) is 0 Å². The van der Waals surface area contributed by atoms with Crippen LogP contribution in [0.1, 0.15) is 144 Å². The summed E-state index contributed by atoms with van der Waals surface area (Å²) >= 11 is 0. The number of carbonyl (C=O) groups is 1. The Bertz CT molecular complexity index is 398. The van der Waals surface area contributed by atoms with Crippen LogP contribution in [0, 0.1) is 5.41 Å². The Morgan fingerprint density at radius 1 is 0.793 bits per heavy atom. The van der Waals surface area contributed by atoms with Crippen LogP contribution in [0.3, 0.4) is 0 Å². The molecule has 0 fully saturated rings. The van der Waals surface area contributed by atoms with Crippen molar-refractivity contribution in [1.82, 2.24) is 0 Å². The van der Waals surface area contributed by atoms with Crippen molar-refractivity contribution < 1.29 is 9.53 Å². The van der Waals surface area contributed by atoms with Gasteiger partial charge in [0.2, 0.25) is 0 Å². The topological polar surface area (TPSA) is 52.3 Å². The molecule has 0 heterocycles. The smallest absolute Gasteiger partial charge is 0.306 e. The maximum atomic E-state index is 12.4. The minimum atomic E-state index is -0.150. The number of rotatable bonds is 18. The molecule has 0 spiro atoms. The highest BCUT2D eigenvalue weighted by Gasteiger charge is 2.25. The van der Waals surface area contributed by atoms with E-state index < -0.39 is 0 Å². The van der Waals surface area contributed by atoms with Crippen LogP contribution in [-0.4, -0.2) is 17.6 Å². The Kier molecular flexibility index (Phi) is 15.8. The zero-order valence-electron chi connectivity index (χ0n) is 20.8. The second-order valence-corrected chi connectivity index (χ2v) is 10.8. The zero-order valence-corrected chi connectivity index (χ0v) is 20.8. The van der Waals surface area contributed by atoms with E-state index >= 15 is 0 Å². The zero-order chi connectivity index (χ0) is 22.2. The van der Waals surface area contributed by atoms with Crippen molar-refractivity contribution in [2.24, 2.45) is 11.1 Å². The quantitative estimate of drug-likeness (QED) is 0.184. The van der Waals surface area contributed by atoms with Gasteiger partial charge in [0.15, 0.2) is 0 Å². The molecule has 0 aliphatic rings. The fraction of sp³-hybridized carbons (Fsp3) is 0.962. The number of nitrogens with two attached hydrogens (primary N) is 1. The van der Waals surface area contributed by atoms with Crippen LogP contribution in [0.5, 0.6) is 0 Å². The molecule has 3 nitrogen and oxygen atoms in total. The van der Waals surface area contributed by atoms with Crippen molar-refractivity contribution >= 4 is 5.97 Å². The summed E-state index contributed by atoms with van der Waals surface area (Å²) in [4.78, 5) is 12.4. The van der Waals surface area contributed by atoms with E-state index in [4.69, 9.17) is 10.5 Å². The lowest BCUT2D eigenvalue weighted by Crippen LogP contribution is -2.39. The van der Waals surface area contributed by atoms with Gasteiger partial charge in [-0.3, -0.25) is 4.79 Å². The molecular weight excluding hydrogens is 358 g/mol. The van der Waals surface area contributed by atoms with Crippen LogP contribution in [0.2, 0.25) is 0 Å². The highest BCUT2D eigenvalue weighted by Crippen LogP contribution is 2.29. The van der Waals surface area contributed by atoms with E-state index in [0.29, 0.717) is 6.42 Å². The van der Waals surface area contributed by atoms with E-state index in [0.717, 1.165) is 38.5 Å². The van der Waals surface area contributed by atoms with Gasteiger partial charge in [-0.2, -0.15) is 0 Å². The van der Waals surface area contributed by atoms with E-state index in [-0.39, 0.29) is 23.0 Å². The predicted octanol–water partition coefficient (Wildman–Crippen LogP) is 7.94. The fourth-order valence-corrected chi connectivity index (χ4v) is 4.38. The van der Waals surface area contributed by atoms with Crippen molar-refractivity contribution in [2.45, 2.75) is 156 Å². The highest BCUT2D eigenvalue weighted by molar-refractivity contribution is 5.69. The first-order chi connectivity index (χ1) is 13.6. The Hall–Kier alpha value is -0.570. The third-order valence-corrected chi connectivity index (χ3v) is 5.62. The molecule has 2 unspecified atom stereocenters. The van der Waals surface area contributed by atoms with Gasteiger partial charge in [0.1, 0.15) is 6.10 Å². The molecular formula is C26H53NO2. The van der Waals surface area contributed by atoms with Gasteiger partial charge in [-0.15, -0.1) is 0 Å². The minimum absolute atomic E-state index is 0.00738. The van der Waals surface area contributed by atoms with Gasteiger partial charge >= 0.3 is 5.97 Å². The first-order valence-corrected chi connectivity index (χ1v) is 12.6. The highest BCUT2D eigenvalue weighted by atomic mass is 16.5. The van der Waals surface area contributed by atoms with Crippen LogP contribution in [0.15, 0.2) is 0 Å². The van der Waals surface area contributed by atoms with Gasteiger partial charge in [0, 0.05) is 12.0 Å². The SMILES string of the molecule is CCCCCCCCC(CCCCC)OC(=O)CCCCC(C)(N)CC(C)(C)C. The number of esters is 1. The molecule has 174 valence electrons. The molecule has 0 bridgehead atoms. The van der Waals surface area contributed by atoms with Crippen LogP contribution >= 0.6 is 0 Å². The van der Waals surface area contributed by atoms with E-state index in [1.54, 1.807) is 0 Å². The van der Waals surface area contributed by atoms with Gasteiger partial charge < -0.3 is 10.5 Å². The maximum Gasteiger partial charge on any atom is 0.306 e. The molecule has 0 saturated heterocycles. The van der Waals surface area contributed by atoms with E-state index in [1.165, 1.54) is 57.8 Å². The lowest BCUT2D eigenvalue weighted by Gasteiger charge is -2.32. The summed E-state index contributed by atoms with van der Waals surface area (Å²) in [6.07, 6.45) is 17.9. The minimum Gasteiger partial charge on any atom is -0.462 e. The number of unbranched alkanes of at least 4 members (excludes halogenated alkanes) is 8. The third-order valence-electron chi connectivity index (χ3n) is 5.62. The Morgan fingerprint density at radius 3 is 1.90 bits per heavy atom. The van der Waals surface area contributed by atoms with Crippen molar-refractivity contribution in [3.63, 3.8) is 0 Å². The molecule has 0 aliphatic carbocycles. The van der Waals surface area contributed by atoms with Crippen LogP contribution in [0.4, 0.5) is 0 Å². The summed E-state index contributed by atoms with van der Waals surface area (Å²) in [7, 11) is 0. The molecule has 0 saturated carbocycles. The monoisotopic (exact) mass is 411 g/mol. The summed E-state index contributed by atoms with van der Waals surface area (Å²) in [5, 5.41) is 0. The first-order valence-electron chi connectivity index (χ1n) is 12.6. The molecule has 0 rings (SSSR count). The molecule has 2 N–H and O–H groups in total. The van der Waals surface area contributed by atoms with Gasteiger partial charge in [-0.05, 0) is 57.3 Å². The van der Waals surface area contributed by atoms with E-state index in [9.17, 15) is 4.79 Å². The van der Waals surface area contributed by atoms with Crippen LogP contribution in [-0.2, 0) is 9.53 Å². The molecule has 3 heteroatoms. The number of ether oxygens (including phenoxy) is 1. The summed E-state index contributed by atoms with van der Waals surface area (Å²) in [6.45, 7) is 13.3. The maximum absolute atomic E-state index is 12.4. The Morgan fingerprint density at radius 2 is 1.31 bits per heavy atom. The van der Waals surface area contributed by atoms with Crippen molar-refractivity contribution in [1.29, 1.82) is 0 Å². The van der Waals surface area contributed by atoms with E-state index in [1.807, 2.05) is 0 Å². The first kappa shape index (κ1) is 28.4. The summed E-state index contributed by atoms with van der Waals surface area (Å²) < 4.78 is 5.87. The van der Waals surface area contributed by atoms with Gasteiger partial charge in [0.25, 0.3) is 0 Å². The molecule has 0 radical (unpaired) electrons. The van der Waals surface area contributed by atoms with Crippen LogP contribution in [0.25, 0.3) is 0 Å². The molecule has 0 amide bonds. The molecule has 0 aromatic carbocycles. The molecule has 0 aromatic rings. The largest absolute Gasteiger partial charge is 0.462 e. The normalized spacial score (nSPS) is 15.1. The molecule has 0 aromatic heterocycles. The second-order valence-electron chi connectivity index (χ2n) is 10.8. The van der Waals surface area contributed by atoms with Crippen molar-refractivity contribution in [3.05, 3.63) is 0 Å². The number of carbonyl (C=O) groups excluding carboxylic acids is 1. The summed E-state index contributed by atoms with van der Waals surface area (Å²) in [5.41, 5.74) is 6.54. The number of hydrogen-bond acceptors (Lipinski definition) is 3. The average molecular weight is 412 g/mol. The summed E-state index contributed by atoms with van der Waals surface area (Å²) in [5.74, 6) is -0.00738. The third kappa shape index (κ3) is 19.2. The molecule has 0 aliphatic heterocycles. The fourth-order valence-electron chi connectivity index (χ4n) is 4.38. The van der Waals surface area contributed by atoms with E-state index in [2.05, 4.69) is 41.5 Å². The lowest BCUT2D eigenvalue weighted by atomic mass is 9.79. The Balaban J connectivity index is 4.16. The van der Waals surface area contributed by atoms with Crippen molar-refractivity contribution in [3.8, 4) is 0 Å². The summed E-state index contributed by atoms with van der Waals surface area (Å²) in [6, 6.07) is 0. The van der Waals surface area contributed by atoms with Crippen LogP contribution < -0.4 is 5.73 Å². The molecule has 29 heavy (non-hydrogen) atoms. The predicted molar refractivity (Wildman–Crippen MR) is 127 cm³/mol. The van der Waals surface area contributed by atoms with Crippen molar-refractivity contribution in [2.75, 3.05) is 0 Å². The Labute approximate surface area is 182 Å². The average Bonchev–Trinajstić information content (AvgIpc) is 2.59. The lowest BCUT2D eigenvalue weighted by molar-refractivity contribution is -0.150. The molecule has 2 atom stereocenters. The van der Waals surface area contributed by atoms with Gasteiger partial charge in [-0.25, -0.2) is 0 Å². The second kappa shape index (κ2) is 16.2. The number of hydrogen-bond donors (Lipinski definition) is 1.